The van der Waals surface area contributed by atoms with Crippen LogP contribution in [0.5, 0.6) is 0 Å². The smallest absolute Gasteiger partial charge is 0.0531 e. The lowest BCUT2D eigenvalue weighted by Crippen LogP contribution is -2.33. The molecule has 62 valence electrons. The molecule has 0 bridgehead atoms. The molecule has 0 amide bonds. The lowest BCUT2D eigenvalue weighted by Gasteiger charge is -2.26. The number of hydrogen-bond donors (Lipinski definition) is 3. The highest BCUT2D eigenvalue weighted by Crippen LogP contribution is 2.21. The van der Waals surface area contributed by atoms with Crippen LogP contribution in [0.1, 0.15) is 19.8 Å². The molecular weight excluding hydrogens is 132 g/mol. The zero-order valence-electron chi connectivity index (χ0n) is 6.38. The predicted octanol–water partition coefficient (Wildman–Crippen LogP) is -0.250. The van der Waals surface area contributed by atoms with Gasteiger partial charge in [-0.3, -0.25) is 0 Å². The molecule has 0 saturated carbocycles. The van der Waals surface area contributed by atoms with Crippen LogP contribution in [0.2, 0.25) is 0 Å². The van der Waals surface area contributed by atoms with Gasteiger partial charge in [-0.1, -0.05) is 13.3 Å². The van der Waals surface area contributed by atoms with Crippen LogP contribution >= 0.6 is 0 Å². The van der Waals surface area contributed by atoms with Crippen molar-refractivity contribution in [1.82, 2.24) is 0 Å². The molecule has 0 aliphatic heterocycles. The lowest BCUT2D eigenvalue weighted by atomic mass is 9.86. The van der Waals surface area contributed by atoms with Crippen LogP contribution in [0.25, 0.3) is 0 Å². The molecule has 0 rings (SSSR count). The second-order valence-electron chi connectivity index (χ2n) is 2.72. The van der Waals surface area contributed by atoms with Crippen molar-refractivity contribution in [2.45, 2.75) is 19.8 Å². The zero-order valence-corrected chi connectivity index (χ0v) is 6.38. The van der Waals surface area contributed by atoms with Crippen molar-refractivity contribution in [1.29, 1.82) is 0 Å². The van der Waals surface area contributed by atoms with E-state index in [0.717, 1.165) is 6.42 Å². The van der Waals surface area contributed by atoms with E-state index in [0.29, 0.717) is 6.42 Å². The van der Waals surface area contributed by atoms with Crippen molar-refractivity contribution in [3.8, 4) is 0 Å². The Morgan fingerprint density at radius 2 is 1.40 bits per heavy atom. The van der Waals surface area contributed by atoms with Gasteiger partial charge in [0.25, 0.3) is 0 Å². The topological polar surface area (TPSA) is 60.7 Å². The van der Waals surface area contributed by atoms with Crippen LogP contribution in [0.4, 0.5) is 0 Å². The maximum atomic E-state index is 8.79. The van der Waals surface area contributed by atoms with E-state index in [1.807, 2.05) is 6.92 Å². The molecular formula is C7H16O3. The van der Waals surface area contributed by atoms with Crippen LogP contribution in [-0.4, -0.2) is 35.1 Å². The summed E-state index contributed by atoms with van der Waals surface area (Å²) in [6, 6.07) is 0. The first-order valence-electron chi connectivity index (χ1n) is 3.57. The molecule has 0 atom stereocenters. The van der Waals surface area contributed by atoms with Gasteiger partial charge in [-0.2, -0.15) is 0 Å². The fraction of sp³-hybridized carbons (Fsp3) is 1.00. The third-order valence-corrected chi connectivity index (χ3v) is 1.79. The van der Waals surface area contributed by atoms with Gasteiger partial charge in [-0.15, -0.1) is 0 Å². The van der Waals surface area contributed by atoms with Gasteiger partial charge in [-0.05, 0) is 6.42 Å². The van der Waals surface area contributed by atoms with Crippen molar-refractivity contribution >= 4 is 0 Å². The molecule has 0 aromatic carbocycles. The van der Waals surface area contributed by atoms with Crippen LogP contribution in [0, 0.1) is 5.41 Å². The summed E-state index contributed by atoms with van der Waals surface area (Å²) in [5.74, 6) is 0. The summed E-state index contributed by atoms with van der Waals surface area (Å²) in [6.07, 6.45) is 1.53. The van der Waals surface area contributed by atoms with Crippen molar-refractivity contribution < 1.29 is 15.3 Å². The van der Waals surface area contributed by atoms with Gasteiger partial charge in [0.15, 0.2) is 0 Å². The Labute approximate surface area is 61.3 Å². The van der Waals surface area contributed by atoms with E-state index in [1.165, 1.54) is 0 Å². The standard InChI is InChI=1S/C7H16O3/c1-2-3-7(4-8,5-9)6-10/h8-10H,2-6H2,1H3. The average Bonchev–Trinajstić information content (AvgIpc) is 2.01. The largest absolute Gasteiger partial charge is 0.396 e. The Morgan fingerprint density at radius 1 is 1.00 bits per heavy atom. The predicted molar refractivity (Wildman–Crippen MR) is 38.6 cm³/mol. The SMILES string of the molecule is CCCC(CO)(CO)CO. The van der Waals surface area contributed by atoms with Gasteiger partial charge >= 0.3 is 0 Å². The first kappa shape index (κ1) is 9.88. The second-order valence-corrected chi connectivity index (χ2v) is 2.72. The maximum absolute atomic E-state index is 8.79. The molecule has 10 heavy (non-hydrogen) atoms. The van der Waals surface area contributed by atoms with E-state index in [9.17, 15) is 0 Å². The summed E-state index contributed by atoms with van der Waals surface area (Å²) >= 11 is 0. The highest BCUT2D eigenvalue weighted by molar-refractivity contribution is 4.75. The summed E-state index contributed by atoms with van der Waals surface area (Å²) in [5.41, 5.74) is -0.658. The Morgan fingerprint density at radius 3 is 1.50 bits per heavy atom. The molecule has 0 saturated heterocycles. The fourth-order valence-electron chi connectivity index (χ4n) is 0.918. The van der Waals surface area contributed by atoms with Crippen molar-refractivity contribution in [2.75, 3.05) is 19.8 Å². The van der Waals surface area contributed by atoms with E-state index < -0.39 is 5.41 Å². The summed E-state index contributed by atoms with van der Waals surface area (Å²) in [6.45, 7) is 1.52. The van der Waals surface area contributed by atoms with Gasteiger partial charge in [0, 0.05) is 5.41 Å². The van der Waals surface area contributed by atoms with E-state index in [4.69, 9.17) is 15.3 Å². The highest BCUT2D eigenvalue weighted by Gasteiger charge is 2.26. The van der Waals surface area contributed by atoms with Crippen LogP contribution in [0.3, 0.4) is 0 Å². The molecule has 0 aromatic rings. The first-order chi connectivity index (χ1) is 4.74. The van der Waals surface area contributed by atoms with Gasteiger partial charge in [0.1, 0.15) is 0 Å². The third-order valence-electron chi connectivity index (χ3n) is 1.79. The van der Waals surface area contributed by atoms with Crippen LogP contribution in [-0.2, 0) is 0 Å². The summed E-state index contributed by atoms with van der Waals surface area (Å²) in [7, 11) is 0. The van der Waals surface area contributed by atoms with Crippen LogP contribution in [0.15, 0.2) is 0 Å². The number of hydrogen-bond acceptors (Lipinski definition) is 3. The number of aliphatic hydroxyl groups excluding tert-OH is 3. The van der Waals surface area contributed by atoms with Gasteiger partial charge in [-0.25, -0.2) is 0 Å². The monoisotopic (exact) mass is 148 g/mol. The first-order valence-corrected chi connectivity index (χ1v) is 3.57. The quantitative estimate of drug-likeness (QED) is 0.504. The molecule has 0 radical (unpaired) electrons. The maximum Gasteiger partial charge on any atom is 0.0531 e. The van der Waals surface area contributed by atoms with Gasteiger partial charge in [0.2, 0.25) is 0 Å². The Bertz CT molecular complexity index is 70.7. The van der Waals surface area contributed by atoms with Crippen molar-refractivity contribution in [3.05, 3.63) is 0 Å². The van der Waals surface area contributed by atoms with Gasteiger partial charge < -0.3 is 15.3 Å². The van der Waals surface area contributed by atoms with Gasteiger partial charge in [0.05, 0.1) is 19.8 Å². The highest BCUT2D eigenvalue weighted by atomic mass is 16.3. The summed E-state index contributed by atoms with van der Waals surface area (Å²) in [4.78, 5) is 0. The number of aliphatic hydroxyl groups is 3. The second kappa shape index (κ2) is 4.66. The zero-order chi connectivity index (χ0) is 8.04. The molecule has 0 aliphatic carbocycles. The van der Waals surface area contributed by atoms with E-state index >= 15 is 0 Å². The van der Waals surface area contributed by atoms with E-state index in [2.05, 4.69) is 0 Å². The molecule has 0 fully saturated rings. The molecule has 3 N–H and O–H groups in total. The summed E-state index contributed by atoms with van der Waals surface area (Å²) in [5, 5.41) is 26.4. The fourth-order valence-corrected chi connectivity index (χ4v) is 0.918. The molecule has 0 aliphatic rings. The minimum absolute atomic E-state index is 0.145. The minimum atomic E-state index is -0.658. The normalized spacial score (nSPS) is 12.0. The van der Waals surface area contributed by atoms with E-state index in [-0.39, 0.29) is 19.8 Å². The Balaban J connectivity index is 3.87. The molecule has 0 unspecified atom stereocenters. The average molecular weight is 148 g/mol. The Hall–Kier alpha value is -0.120. The lowest BCUT2D eigenvalue weighted by molar-refractivity contribution is -0.00101. The molecule has 0 aromatic heterocycles. The molecule has 3 nitrogen and oxygen atoms in total. The number of rotatable bonds is 5. The third kappa shape index (κ3) is 2.25. The molecule has 0 spiro atoms. The van der Waals surface area contributed by atoms with Crippen molar-refractivity contribution in [2.24, 2.45) is 5.41 Å². The van der Waals surface area contributed by atoms with Crippen molar-refractivity contribution in [3.63, 3.8) is 0 Å². The molecule has 0 heterocycles. The minimum Gasteiger partial charge on any atom is -0.396 e. The van der Waals surface area contributed by atoms with E-state index in [1.54, 1.807) is 0 Å². The van der Waals surface area contributed by atoms with Crippen LogP contribution < -0.4 is 0 Å². The molecule has 3 heteroatoms. The Kier molecular flexibility index (Phi) is 4.60. The summed E-state index contributed by atoms with van der Waals surface area (Å²) < 4.78 is 0.